The molecule has 2 saturated heterocycles. The molecule has 124 valence electrons. The van der Waals surface area contributed by atoms with Gasteiger partial charge in [0.25, 0.3) is 0 Å². The van der Waals surface area contributed by atoms with Gasteiger partial charge in [0.15, 0.2) is 0 Å². The summed E-state index contributed by atoms with van der Waals surface area (Å²) in [5, 5.41) is 3.24. The Morgan fingerprint density at radius 3 is 2.78 bits per heavy atom. The minimum Gasteiger partial charge on any atom is -0.374 e. The van der Waals surface area contributed by atoms with Crippen LogP contribution in [0.5, 0.6) is 0 Å². The van der Waals surface area contributed by atoms with Gasteiger partial charge < -0.3 is 15.1 Å². The highest BCUT2D eigenvalue weighted by atomic mass is 16.2. The van der Waals surface area contributed by atoms with Gasteiger partial charge in [0, 0.05) is 25.6 Å². The van der Waals surface area contributed by atoms with Crippen LogP contribution in [0.15, 0.2) is 24.3 Å². The number of carbonyl (C=O) groups is 2. The third-order valence-corrected chi connectivity index (χ3v) is 4.82. The summed E-state index contributed by atoms with van der Waals surface area (Å²) in [6.07, 6.45) is 4.90. The number of amides is 2. The SMILES string of the molecule is CC1CCCCN1C(=O)CNc1ccccc1N1CCCC1=O. The summed E-state index contributed by atoms with van der Waals surface area (Å²) in [7, 11) is 0. The number of nitrogens with one attached hydrogen (secondary N) is 1. The summed E-state index contributed by atoms with van der Waals surface area (Å²) in [4.78, 5) is 28.2. The average Bonchev–Trinajstić information content (AvgIpc) is 2.99. The number of anilines is 2. The highest BCUT2D eigenvalue weighted by Gasteiger charge is 2.25. The Morgan fingerprint density at radius 1 is 1.22 bits per heavy atom. The van der Waals surface area contributed by atoms with Crippen molar-refractivity contribution in [2.75, 3.05) is 29.9 Å². The molecule has 5 heteroatoms. The van der Waals surface area contributed by atoms with Crippen LogP contribution in [0.1, 0.15) is 39.0 Å². The molecule has 1 aromatic rings. The highest BCUT2D eigenvalue weighted by molar-refractivity contribution is 5.98. The predicted molar refractivity (Wildman–Crippen MR) is 91.5 cm³/mol. The number of benzene rings is 1. The molecular weight excluding hydrogens is 290 g/mol. The van der Waals surface area contributed by atoms with Gasteiger partial charge in [-0.2, -0.15) is 0 Å². The molecule has 0 saturated carbocycles. The lowest BCUT2D eigenvalue weighted by molar-refractivity contribution is -0.132. The minimum absolute atomic E-state index is 0.139. The van der Waals surface area contributed by atoms with E-state index in [0.29, 0.717) is 12.5 Å². The average molecular weight is 315 g/mol. The lowest BCUT2D eigenvalue weighted by Gasteiger charge is -2.33. The molecule has 5 nitrogen and oxygen atoms in total. The van der Waals surface area contributed by atoms with Crippen molar-refractivity contribution in [1.82, 2.24) is 4.90 Å². The number of rotatable bonds is 4. The first-order chi connectivity index (χ1) is 11.2. The first kappa shape index (κ1) is 15.8. The third kappa shape index (κ3) is 3.49. The summed E-state index contributed by atoms with van der Waals surface area (Å²) in [5.41, 5.74) is 1.75. The summed E-state index contributed by atoms with van der Waals surface area (Å²) < 4.78 is 0. The Bertz CT molecular complexity index is 587. The maximum Gasteiger partial charge on any atom is 0.242 e. The maximum absolute atomic E-state index is 12.5. The molecule has 1 unspecified atom stereocenters. The lowest BCUT2D eigenvalue weighted by Crippen LogP contribution is -2.44. The van der Waals surface area contributed by atoms with Crippen LogP contribution < -0.4 is 10.2 Å². The van der Waals surface area contributed by atoms with E-state index < -0.39 is 0 Å². The van der Waals surface area contributed by atoms with Crippen LogP contribution in [0, 0.1) is 0 Å². The molecule has 2 amide bonds. The Hall–Kier alpha value is -2.04. The van der Waals surface area contributed by atoms with Gasteiger partial charge in [-0.3, -0.25) is 9.59 Å². The van der Waals surface area contributed by atoms with Gasteiger partial charge in [-0.05, 0) is 44.7 Å². The topological polar surface area (TPSA) is 52.7 Å². The number of para-hydroxylation sites is 2. The van der Waals surface area contributed by atoms with E-state index in [9.17, 15) is 9.59 Å². The molecule has 2 heterocycles. The minimum atomic E-state index is 0.139. The van der Waals surface area contributed by atoms with Gasteiger partial charge in [-0.1, -0.05) is 12.1 Å². The van der Waals surface area contributed by atoms with E-state index in [1.165, 1.54) is 6.42 Å². The molecule has 1 atom stereocenters. The van der Waals surface area contributed by atoms with Crippen molar-refractivity contribution in [3.8, 4) is 0 Å². The fourth-order valence-corrected chi connectivity index (χ4v) is 3.50. The molecule has 0 aliphatic carbocycles. The molecule has 0 radical (unpaired) electrons. The van der Waals surface area contributed by atoms with Crippen LogP contribution in [0.2, 0.25) is 0 Å². The molecule has 0 spiro atoms. The van der Waals surface area contributed by atoms with Crippen molar-refractivity contribution in [1.29, 1.82) is 0 Å². The largest absolute Gasteiger partial charge is 0.374 e. The standard InChI is InChI=1S/C18H25N3O2/c1-14-7-4-5-11-20(14)18(23)13-19-15-8-2-3-9-16(15)21-12-6-10-17(21)22/h2-3,8-9,14,19H,4-7,10-13H2,1H3. The van der Waals surface area contributed by atoms with Crippen LogP contribution >= 0.6 is 0 Å². The number of hydrogen-bond acceptors (Lipinski definition) is 3. The Morgan fingerprint density at radius 2 is 2.04 bits per heavy atom. The normalized spacial score (nSPS) is 21.6. The molecule has 0 bridgehead atoms. The van der Waals surface area contributed by atoms with Gasteiger partial charge >= 0.3 is 0 Å². The summed E-state index contributed by atoms with van der Waals surface area (Å²) in [5.74, 6) is 0.301. The summed E-state index contributed by atoms with van der Waals surface area (Å²) >= 11 is 0. The van der Waals surface area contributed by atoms with E-state index in [0.717, 1.165) is 43.7 Å². The second kappa shape index (κ2) is 7.02. The fourth-order valence-electron chi connectivity index (χ4n) is 3.50. The van der Waals surface area contributed by atoms with Crippen LogP contribution in [-0.4, -0.2) is 42.4 Å². The van der Waals surface area contributed by atoms with Crippen LogP contribution in [-0.2, 0) is 9.59 Å². The van der Waals surface area contributed by atoms with Crippen molar-refractivity contribution in [2.24, 2.45) is 0 Å². The predicted octanol–water partition coefficient (Wildman–Crippen LogP) is 2.63. The molecular formula is C18H25N3O2. The Labute approximate surface area is 137 Å². The monoisotopic (exact) mass is 315 g/mol. The Balaban J connectivity index is 1.66. The van der Waals surface area contributed by atoms with Crippen molar-refractivity contribution in [3.63, 3.8) is 0 Å². The molecule has 2 fully saturated rings. The summed E-state index contributed by atoms with van der Waals surface area (Å²) in [6.45, 7) is 4.01. The van der Waals surface area contributed by atoms with Crippen molar-refractivity contribution >= 4 is 23.2 Å². The molecule has 1 N–H and O–H groups in total. The lowest BCUT2D eigenvalue weighted by atomic mass is 10.0. The number of carbonyl (C=O) groups excluding carboxylic acids is 2. The Kier molecular flexibility index (Phi) is 4.84. The van der Waals surface area contributed by atoms with Gasteiger partial charge in [0.2, 0.25) is 11.8 Å². The number of likely N-dealkylation sites (tertiary alicyclic amines) is 1. The van der Waals surface area contributed by atoms with Crippen molar-refractivity contribution in [2.45, 2.75) is 45.1 Å². The number of piperidine rings is 1. The van der Waals surface area contributed by atoms with Crippen LogP contribution in [0.3, 0.4) is 0 Å². The van der Waals surface area contributed by atoms with E-state index >= 15 is 0 Å². The number of hydrogen-bond donors (Lipinski definition) is 1. The molecule has 2 aliphatic rings. The van der Waals surface area contributed by atoms with E-state index in [-0.39, 0.29) is 18.4 Å². The van der Waals surface area contributed by atoms with Gasteiger partial charge in [0.05, 0.1) is 17.9 Å². The zero-order valence-electron chi connectivity index (χ0n) is 13.8. The van der Waals surface area contributed by atoms with Crippen LogP contribution in [0.25, 0.3) is 0 Å². The maximum atomic E-state index is 12.5. The van der Waals surface area contributed by atoms with E-state index in [1.807, 2.05) is 34.1 Å². The first-order valence-corrected chi connectivity index (χ1v) is 8.59. The molecule has 1 aromatic carbocycles. The molecule has 23 heavy (non-hydrogen) atoms. The molecule has 0 aromatic heterocycles. The van der Waals surface area contributed by atoms with Crippen molar-refractivity contribution in [3.05, 3.63) is 24.3 Å². The van der Waals surface area contributed by atoms with E-state index in [1.54, 1.807) is 0 Å². The van der Waals surface area contributed by atoms with Crippen LogP contribution in [0.4, 0.5) is 11.4 Å². The van der Waals surface area contributed by atoms with Gasteiger partial charge in [-0.15, -0.1) is 0 Å². The summed E-state index contributed by atoms with van der Waals surface area (Å²) in [6, 6.07) is 8.07. The fraction of sp³-hybridized carbons (Fsp3) is 0.556. The van der Waals surface area contributed by atoms with Crippen molar-refractivity contribution < 1.29 is 9.59 Å². The van der Waals surface area contributed by atoms with Gasteiger partial charge in [-0.25, -0.2) is 0 Å². The molecule has 2 aliphatic heterocycles. The van der Waals surface area contributed by atoms with Gasteiger partial charge in [0.1, 0.15) is 0 Å². The molecule has 3 rings (SSSR count). The second-order valence-electron chi connectivity index (χ2n) is 6.45. The quantitative estimate of drug-likeness (QED) is 0.929. The van der Waals surface area contributed by atoms with E-state index in [4.69, 9.17) is 0 Å². The second-order valence-corrected chi connectivity index (χ2v) is 6.45. The zero-order chi connectivity index (χ0) is 16.2. The third-order valence-electron chi connectivity index (χ3n) is 4.82. The zero-order valence-corrected chi connectivity index (χ0v) is 13.8. The van der Waals surface area contributed by atoms with E-state index in [2.05, 4.69) is 12.2 Å². The first-order valence-electron chi connectivity index (χ1n) is 8.59. The highest BCUT2D eigenvalue weighted by Crippen LogP contribution is 2.29. The number of nitrogens with zero attached hydrogens (tertiary/aromatic N) is 2. The smallest absolute Gasteiger partial charge is 0.242 e.